The van der Waals surface area contributed by atoms with Crippen molar-refractivity contribution in [2.45, 2.75) is 19.1 Å². The normalized spacial score (nSPS) is 17.4. The highest BCUT2D eigenvalue weighted by atomic mass is 32.2. The zero-order valence-corrected chi connectivity index (χ0v) is 12.5. The number of aliphatic hydroxyl groups is 1. The lowest BCUT2D eigenvalue weighted by molar-refractivity contribution is 0.189. The van der Waals surface area contributed by atoms with Crippen molar-refractivity contribution in [1.82, 2.24) is 4.31 Å². The molecule has 0 saturated carbocycles. The van der Waals surface area contributed by atoms with Crippen LogP contribution in [0.15, 0.2) is 41.0 Å². The Bertz CT molecular complexity index is 737. The lowest BCUT2D eigenvalue weighted by Gasteiger charge is -2.27. The van der Waals surface area contributed by atoms with Crippen molar-refractivity contribution in [3.05, 3.63) is 59.0 Å². The van der Waals surface area contributed by atoms with E-state index < -0.39 is 16.1 Å². The number of sulfonamides is 1. The van der Waals surface area contributed by atoms with Crippen LogP contribution >= 0.6 is 0 Å². The molecule has 1 aliphatic rings. The summed E-state index contributed by atoms with van der Waals surface area (Å²) in [6.07, 6.45) is 2.60. The second-order valence-corrected chi connectivity index (χ2v) is 7.28. The van der Waals surface area contributed by atoms with Crippen molar-refractivity contribution in [3.63, 3.8) is 0 Å². The van der Waals surface area contributed by atoms with Crippen molar-refractivity contribution >= 4 is 10.0 Å². The van der Waals surface area contributed by atoms with E-state index in [-0.39, 0.29) is 0 Å². The predicted octanol–water partition coefficient (Wildman–Crippen LogP) is 1.68. The second kappa shape index (κ2) is 5.29. The summed E-state index contributed by atoms with van der Waals surface area (Å²) in [6.45, 7) is 0.860. The van der Waals surface area contributed by atoms with Gasteiger partial charge < -0.3 is 9.52 Å². The first-order valence-electron chi connectivity index (χ1n) is 6.73. The quantitative estimate of drug-likeness (QED) is 0.936. The molecule has 0 amide bonds. The van der Waals surface area contributed by atoms with Crippen molar-refractivity contribution < 1.29 is 17.9 Å². The molecule has 1 aromatic heterocycles. The zero-order chi connectivity index (χ0) is 15.0. The highest BCUT2D eigenvalue weighted by molar-refractivity contribution is 7.88. The lowest BCUT2D eigenvalue weighted by Crippen LogP contribution is -2.35. The van der Waals surface area contributed by atoms with E-state index in [0.717, 1.165) is 11.1 Å². The standard InChI is InChI=1S/C15H17NO4S/c1-21(18,19)16-7-6-11-4-5-12(9-13(11)10-16)15(17)14-3-2-8-20-14/h2-5,8-9,15,17H,6-7,10H2,1H3. The summed E-state index contributed by atoms with van der Waals surface area (Å²) >= 11 is 0. The number of furan rings is 1. The molecule has 0 spiro atoms. The fraction of sp³-hybridized carbons (Fsp3) is 0.333. The van der Waals surface area contributed by atoms with Gasteiger partial charge in [-0.15, -0.1) is 0 Å². The maximum Gasteiger partial charge on any atom is 0.211 e. The highest BCUT2D eigenvalue weighted by Crippen LogP contribution is 2.27. The van der Waals surface area contributed by atoms with Crippen molar-refractivity contribution in [1.29, 1.82) is 0 Å². The topological polar surface area (TPSA) is 70.8 Å². The van der Waals surface area contributed by atoms with E-state index in [1.165, 1.54) is 16.8 Å². The number of hydrogen-bond acceptors (Lipinski definition) is 4. The highest BCUT2D eigenvalue weighted by Gasteiger charge is 2.24. The predicted molar refractivity (Wildman–Crippen MR) is 78.2 cm³/mol. The van der Waals surface area contributed by atoms with Crippen LogP contribution < -0.4 is 0 Å². The molecule has 21 heavy (non-hydrogen) atoms. The van der Waals surface area contributed by atoms with Crippen molar-refractivity contribution in [3.8, 4) is 0 Å². The van der Waals surface area contributed by atoms with Crippen LogP contribution in [0, 0.1) is 0 Å². The van der Waals surface area contributed by atoms with E-state index in [2.05, 4.69) is 0 Å². The average molecular weight is 307 g/mol. The van der Waals surface area contributed by atoms with Gasteiger partial charge in [0.05, 0.1) is 12.5 Å². The number of hydrogen-bond donors (Lipinski definition) is 1. The molecule has 6 heteroatoms. The van der Waals surface area contributed by atoms with E-state index in [0.29, 0.717) is 30.8 Å². The van der Waals surface area contributed by atoms with Crippen LogP contribution in [0.25, 0.3) is 0 Å². The molecule has 112 valence electrons. The smallest absolute Gasteiger partial charge is 0.211 e. The summed E-state index contributed by atoms with van der Waals surface area (Å²) in [7, 11) is -3.19. The van der Waals surface area contributed by atoms with Crippen LogP contribution in [0.4, 0.5) is 0 Å². The number of nitrogens with zero attached hydrogens (tertiary/aromatic N) is 1. The Morgan fingerprint density at radius 1 is 1.29 bits per heavy atom. The molecule has 2 aromatic rings. The maximum atomic E-state index is 11.7. The molecule has 1 unspecified atom stereocenters. The molecule has 5 nitrogen and oxygen atoms in total. The Morgan fingerprint density at radius 3 is 2.76 bits per heavy atom. The first kappa shape index (κ1) is 14.3. The minimum Gasteiger partial charge on any atom is -0.466 e. The van der Waals surface area contributed by atoms with E-state index in [1.54, 1.807) is 12.1 Å². The van der Waals surface area contributed by atoms with E-state index in [1.807, 2.05) is 18.2 Å². The monoisotopic (exact) mass is 307 g/mol. The minimum absolute atomic E-state index is 0.354. The van der Waals surface area contributed by atoms with Gasteiger partial charge in [-0.1, -0.05) is 18.2 Å². The van der Waals surface area contributed by atoms with Crippen LogP contribution in [-0.2, 0) is 23.0 Å². The molecule has 3 rings (SSSR count). The third kappa shape index (κ3) is 2.88. The molecule has 1 atom stereocenters. The number of benzene rings is 1. The van der Waals surface area contributed by atoms with Gasteiger partial charge in [-0.3, -0.25) is 0 Å². The molecule has 1 N–H and O–H groups in total. The summed E-state index contributed by atoms with van der Waals surface area (Å²) in [6, 6.07) is 9.12. The molecule has 0 fully saturated rings. The second-order valence-electron chi connectivity index (χ2n) is 5.29. The van der Waals surface area contributed by atoms with E-state index in [9.17, 15) is 13.5 Å². The molecular weight excluding hydrogens is 290 g/mol. The van der Waals surface area contributed by atoms with E-state index >= 15 is 0 Å². The first-order chi connectivity index (χ1) is 9.95. The molecule has 0 saturated heterocycles. The molecule has 2 heterocycles. The Hall–Kier alpha value is -1.63. The summed E-state index contributed by atoms with van der Waals surface area (Å²) in [5.41, 5.74) is 2.78. The largest absolute Gasteiger partial charge is 0.466 e. The fourth-order valence-electron chi connectivity index (χ4n) is 2.62. The molecule has 0 radical (unpaired) electrons. The molecule has 1 aromatic carbocycles. The third-order valence-corrected chi connectivity index (χ3v) is 5.05. The van der Waals surface area contributed by atoms with Crippen molar-refractivity contribution in [2.75, 3.05) is 12.8 Å². The first-order valence-corrected chi connectivity index (χ1v) is 8.58. The SMILES string of the molecule is CS(=O)(=O)N1CCc2ccc(C(O)c3ccco3)cc2C1. The molecular formula is C15H17NO4S. The van der Waals surface area contributed by atoms with Crippen LogP contribution in [-0.4, -0.2) is 30.6 Å². The summed E-state index contributed by atoms with van der Waals surface area (Å²) in [5.74, 6) is 0.478. The van der Waals surface area contributed by atoms with Gasteiger partial charge in [0.15, 0.2) is 0 Å². The van der Waals surface area contributed by atoms with Gasteiger partial charge in [-0.25, -0.2) is 8.42 Å². The Morgan fingerprint density at radius 2 is 2.10 bits per heavy atom. The van der Waals surface area contributed by atoms with Gasteiger partial charge in [-0.05, 0) is 35.2 Å². The van der Waals surface area contributed by atoms with Gasteiger partial charge in [0.2, 0.25) is 10.0 Å². The number of rotatable bonds is 3. The van der Waals surface area contributed by atoms with Gasteiger partial charge in [0.25, 0.3) is 0 Å². The number of aliphatic hydroxyl groups excluding tert-OH is 1. The Balaban J connectivity index is 1.91. The van der Waals surface area contributed by atoms with Gasteiger partial charge in [0.1, 0.15) is 11.9 Å². The third-order valence-electron chi connectivity index (χ3n) is 3.80. The van der Waals surface area contributed by atoms with Crippen LogP contribution in [0.3, 0.4) is 0 Å². The zero-order valence-electron chi connectivity index (χ0n) is 11.7. The Kier molecular flexibility index (Phi) is 3.61. The average Bonchev–Trinajstić information content (AvgIpc) is 2.98. The minimum atomic E-state index is -3.19. The van der Waals surface area contributed by atoms with Crippen LogP contribution in [0.5, 0.6) is 0 Å². The van der Waals surface area contributed by atoms with Gasteiger partial charge >= 0.3 is 0 Å². The van der Waals surface area contributed by atoms with Gasteiger partial charge in [-0.2, -0.15) is 4.31 Å². The van der Waals surface area contributed by atoms with Gasteiger partial charge in [0, 0.05) is 13.1 Å². The Labute approximate surface area is 123 Å². The maximum absolute atomic E-state index is 11.7. The summed E-state index contributed by atoms with van der Waals surface area (Å²) < 4.78 is 30.0. The molecule has 0 bridgehead atoms. The van der Waals surface area contributed by atoms with E-state index in [4.69, 9.17) is 4.42 Å². The molecule has 1 aliphatic heterocycles. The summed E-state index contributed by atoms with van der Waals surface area (Å²) in [4.78, 5) is 0. The number of fused-ring (bicyclic) bond motifs is 1. The summed E-state index contributed by atoms with van der Waals surface area (Å²) in [5, 5.41) is 10.3. The molecule has 0 aliphatic carbocycles. The fourth-order valence-corrected chi connectivity index (χ4v) is 3.41. The van der Waals surface area contributed by atoms with Crippen molar-refractivity contribution in [2.24, 2.45) is 0 Å². The van der Waals surface area contributed by atoms with Crippen LogP contribution in [0.2, 0.25) is 0 Å². The lowest BCUT2D eigenvalue weighted by atomic mass is 9.96. The van der Waals surface area contributed by atoms with Crippen LogP contribution in [0.1, 0.15) is 28.6 Å².